The summed E-state index contributed by atoms with van der Waals surface area (Å²) in [5.74, 6) is -4.41. The summed E-state index contributed by atoms with van der Waals surface area (Å²) in [5.41, 5.74) is -0.820. The Morgan fingerprint density at radius 3 is 2.23 bits per heavy atom. The lowest BCUT2D eigenvalue weighted by molar-refractivity contribution is -0.173. The Kier molecular flexibility index (Phi) is 7.94. The normalized spacial score (nSPS) is 12.8. The van der Waals surface area contributed by atoms with Gasteiger partial charge in [-0.05, 0) is 18.1 Å². The van der Waals surface area contributed by atoms with Crippen molar-refractivity contribution in [1.29, 1.82) is 0 Å². The van der Waals surface area contributed by atoms with Crippen molar-refractivity contribution in [3.8, 4) is 0 Å². The number of rotatable bonds is 8. The molecular formula is C16H19F5N2O3. The molecule has 26 heavy (non-hydrogen) atoms. The molecule has 0 saturated carbocycles. The van der Waals surface area contributed by atoms with E-state index in [4.69, 9.17) is 0 Å². The van der Waals surface area contributed by atoms with Crippen LogP contribution in [0.4, 0.5) is 22.0 Å². The molecule has 0 saturated heterocycles. The number of hydrogen-bond donors (Lipinski definition) is 2. The molecule has 0 radical (unpaired) electrons. The fourth-order valence-electron chi connectivity index (χ4n) is 2.01. The van der Waals surface area contributed by atoms with Gasteiger partial charge < -0.3 is 15.4 Å². The maximum absolute atomic E-state index is 13.6. The lowest BCUT2D eigenvalue weighted by atomic mass is 10.0. The van der Waals surface area contributed by atoms with E-state index in [1.165, 1.54) is 0 Å². The molecule has 0 aromatic heterocycles. The number of carbonyl (C=O) groups excluding carboxylic acids is 2. The van der Waals surface area contributed by atoms with Crippen molar-refractivity contribution in [3.63, 3.8) is 0 Å². The molecule has 0 fully saturated rings. The topological polar surface area (TPSA) is 67.4 Å². The van der Waals surface area contributed by atoms with Gasteiger partial charge in [0.15, 0.2) is 0 Å². The van der Waals surface area contributed by atoms with Crippen LogP contribution in [0.3, 0.4) is 0 Å². The molecule has 0 heterocycles. The van der Waals surface area contributed by atoms with Gasteiger partial charge >= 0.3 is 6.18 Å². The van der Waals surface area contributed by atoms with E-state index in [0.717, 1.165) is 18.2 Å². The van der Waals surface area contributed by atoms with Crippen molar-refractivity contribution in [2.45, 2.75) is 26.1 Å². The predicted octanol–water partition coefficient (Wildman–Crippen LogP) is 2.41. The van der Waals surface area contributed by atoms with Crippen molar-refractivity contribution in [2.24, 2.45) is 5.92 Å². The molecular weight excluding hydrogens is 363 g/mol. The number of hydrogen-bond acceptors (Lipinski definition) is 3. The van der Waals surface area contributed by atoms with Crippen LogP contribution in [0, 0.1) is 17.6 Å². The van der Waals surface area contributed by atoms with E-state index in [-0.39, 0.29) is 13.2 Å². The van der Waals surface area contributed by atoms with Crippen LogP contribution in [0.5, 0.6) is 0 Å². The lowest BCUT2D eigenvalue weighted by Crippen LogP contribution is -2.50. The Balaban J connectivity index is 2.62. The van der Waals surface area contributed by atoms with Gasteiger partial charge in [-0.25, -0.2) is 8.78 Å². The third-order valence-electron chi connectivity index (χ3n) is 3.24. The van der Waals surface area contributed by atoms with Gasteiger partial charge in [-0.15, -0.1) is 0 Å². The van der Waals surface area contributed by atoms with Crippen LogP contribution in [0.2, 0.25) is 0 Å². The highest BCUT2D eigenvalue weighted by Crippen LogP contribution is 2.14. The first-order chi connectivity index (χ1) is 12.0. The summed E-state index contributed by atoms with van der Waals surface area (Å²) in [6.45, 7) is 1.12. The van der Waals surface area contributed by atoms with Crippen LogP contribution in [0.15, 0.2) is 18.2 Å². The van der Waals surface area contributed by atoms with Gasteiger partial charge in [0.2, 0.25) is 5.91 Å². The van der Waals surface area contributed by atoms with Gasteiger partial charge in [0.25, 0.3) is 5.91 Å². The third-order valence-corrected chi connectivity index (χ3v) is 3.24. The molecule has 1 aromatic carbocycles. The molecule has 1 atom stereocenters. The van der Waals surface area contributed by atoms with Gasteiger partial charge in [-0.2, -0.15) is 13.2 Å². The minimum Gasteiger partial charge on any atom is -0.370 e. The molecule has 0 aliphatic carbocycles. The average molecular weight is 382 g/mol. The highest BCUT2D eigenvalue weighted by molar-refractivity contribution is 5.98. The van der Waals surface area contributed by atoms with E-state index < -0.39 is 53.8 Å². The van der Waals surface area contributed by atoms with Crippen LogP contribution in [0.1, 0.15) is 24.2 Å². The number of alkyl halides is 3. The van der Waals surface area contributed by atoms with Gasteiger partial charge in [-0.1, -0.05) is 19.9 Å². The maximum Gasteiger partial charge on any atom is 0.411 e. The van der Waals surface area contributed by atoms with E-state index in [2.05, 4.69) is 15.4 Å². The number of carbonyl (C=O) groups is 2. The Labute approximate surface area is 146 Å². The minimum absolute atomic E-state index is 0.220. The van der Waals surface area contributed by atoms with Crippen molar-refractivity contribution >= 4 is 11.8 Å². The maximum atomic E-state index is 13.6. The molecule has 146 valence electrons. The van der Waals surface area contributed by atoms with E-state index in [0.29, 0.717) is 0 Å². The number of amides is 2. The van der Waals surface area contributed by atoms with E-state index in [9.17, 15) is 31.5 Å². The highest BCUT2D eigenvalue weighted by Gasteiger charge is 2.28. The molecule has 1 unspecified atom stereocenters. The Morgan fingerprint density at radius 2 is 1.73 bits per heavy atom. The first-order valence-electron chi connectivity index (χ1n) is 7.70. The third kappa shape index (κ3) is 6.95. The van der Waals surface area contributed by atoms with E-state index >= 15 is 0 Å². The molecule has 10 heteroatoms. The predicted molar refractivity (Wildman–Crippen MR) is 82.3 cm³/mol. The summed E-state index contributed by atoms with van der Waals surface area (Å²) in [5, 5.41) is 4.53. The van der Waals surface area contributed by atoms with Crippen LogP contribution in [0.25, 0.3) is 0 Å². The molecule has 0 aliphatic rings. The summed E-state index contributed by atoms with van der Waals surface area (Å²) < 4.78 is 67.4. The Morgan fingerprint density at radius 1 is 1.15 bits per heavy atom. The van der Waals surface area contributed by atoms with E-state index in [1.54, 1.807) is 13.8 Å². The molecule has 5 nitrogen and oxygen atoms in total. The molecule has 1 rings (SSSR count). The van der Waals surface area contributed by atoms with Gasteiger partial charge in [0, 0.05) is 6.54 Å². The summed E-state index contributed by atoms with van der Waals surface area (Å²) in [4.78, 5) is 24.2. The minimum atomic E-state index is -4.47. The molecule has 0 spiro atoms. The van der Waals surface area contributed by atoms with Crippen molar-refractivity contribution in [1.82, 2.24) is 10.6 Å². The fraction of sp³-hybridized carbons (Fsp3) is 0.500. The molecule has 1 aromatic rings. The Bertz CT molecular complexity index is 615. The van der Waals surface area contributed by atoms with Gasteiger partial charge in [-0.3, -0.25) is 9.59 Å². The summed E-state index contributed by atoms with van der Waals surface area (Å²) in [6, 6.07) is 1.76. The molecule has 2 amide bonds. The second-order valence-electron chi connectivity index (χ2n) is 5.75. The first-order valence-corrected chi connectivity index (χ1v) is 7.70. The molecule has 2 N–H and O–H groups in total. The number of ether oxygens (including phenoxy) is 1. The zero-order valence-corrected chi connectivity index (χ0v) is 14.1. The monoisotopic (exact) mass is 382 g/mol. The zero-order chi connectivity index (χ0) is 19.9. The second-order valence-corrected chi connectivity index (χ2v) is 5.75. The zero-order valence-electron chi connectivity index (χ0n) is 14.1. The van der Waals surface area contributed by atoms with Crippen LogP contribution >= 0.6 is 0 Å². The van der Waals surface area contributed by atoms with Gasteiger partial charge in [0.1, 0.15) is 29.8 Å². The average Bonchev–Trinajstić information content (AvgIpc) is 2.50. The Hall–Kier alpha value is -2.23. The lowest BCUT2D eigenvalue weighted by Gasteiger charge is -2.22. The van der Waals surface area contributed by atoms with Crippen molar-refractivity contribution in [3.05, 3.63) is 35.4 Å². The summed E-state index contributed by atoms with van der Waals surface area (Å²) in [6.07, 6.45) is -4.47. The van der Waals surface area contributed by atoms with Gasteiger partial charge in [0.05, 0.1) is 6.61 Å². The van der Waals surface area contributed by atoms with Crippen molar-refractivity contribution in [2.75, 3.05) is 19.8 Å². The summed E-state index contributed by atoms with van der Waals surface area (Å²) >= 11 is 0. The highest BCUT2D eigenvalue weighted by atomic mass is 19.4. The standard InChI is InChI=1S/C16H19F5N2O3/c1-9(2)13(15(25)22-6-7-26-8-16(19,20)21)23-14(24)12-10(17)4-3-5-11(12)18/h3-5,9,13H,6-8H2,1-2H3,(H,22,25)(H,23,24). The summed E-state index contributed by atoms with van der Waals surface area (Å²) in [7, 11) is 0. The smallest absolute Gasteiger partial charge is 0.370 e. The molecule has 0 bridgehead atoms. The van der Waals surface area contributed by atoms with E-state index in [1.807, 2.05) is 0 Å². The number of nitrogens with one attached hydrogen (secondary N) is 2. The van der Waals surface area contributed by atoms with Crippen molar-refractivity contribution < 1.29 is 36.3 Å². The van der Waals surface area contributed by atoms with Crippen LogP contribution < -0.4 is 10.6 Å². The number of halogens is 5. The van der Waals surface area contributed by atoms with Crippen LogP contribution in [-0.4, -0.2) is 43.8 Å². The largest absolute Gasteiger partial charge is 0.411 e. The first kappa shape index (κ1) is 21.8. The molecule has 0 aliphatic heterocycles. The SMILES string of the molecule is CC(C)C(NC(=O)c1c(F)cccc1F)C(=O)NCCOCC(F)(F)F. The quantitative estimate of drug-likeness (QED) is 0.536. The van der Waals surface area contributed by atoms with Crippen LogP contribution in [-0.2, 0) is 9.53 Å². The second kappa shape index (κ2) is 9.46. The fourth-order valence-corrected chi connectivity index (χ4v) is 2.01. The number of benzene rings is 1.